The third-order valence-electron chi connectivity index (χ3n) is 3.28. The van der Waals surface area contributed by atoms with Gasteiger partial charge in [-0.3, -0.25) is 9.59 Å². The number of carbonyl (C=O) groups excluding carboxylic acids is 2. The van der Waals surface area contributed by atoms with Gasteiger partial charge in [0.1, 0.15) is 18.1 Å². The van der Waals surface area contributed by atoms with Crippen LogP contribution in [0.4, 0.5) is 0 Å². The highest BCUT2D eigenvalue weighted by atomic mass is 32.1. The topological polar surface area (TPSA) is 61.8 Å². The molecule has 0 bridgehead atoms. The second kappa shape index (κ2) is 6.43. The molecule has 0 saturated carbocycles. The van der Waals surface area contributed by atoms with Gasteiger partial charge in [0.2, 0.25) is 0 Å². The SMILES string of the molecule is CC(=O)OCC1O[C@@H](S)C(OC(C)=O)[C@@H](C)[C@H]1C. The van der Waals surface area contributed by atoms with E-state index in [0.717, 1.165) is 0 Å². The van der Waals surface area contributed by atoms with Gasteiger partial charge in [-0.15, -0.1) is 12.6 Å². The summed E-state index contributed by atoms with van der Waals surface area (Å²) in [5.41, 5.74) is -0.499. The molecule has 0 aliphatic carbocycles. The maximum Gasteiger partial charge on any atom is 0.303 e. The van der Waals surface area contributed by atoms with Gasteiger partial charge in [0.25, 0.3) is 0 Å². The average Bonchev–Trinajstić information content (AvgIpc) is 2.27. The van der Waals surface area contributed by atoms with Crippen LogP contribution in [0.1, 0.15) is 27.7 Å². The van der Waals surface area contributed by atoms with Gasteiger partial charge in [-0.25, -0.2) is 0 Å². The van der Waals surface area contributed by atoms with Crippen LogP contribution in [0.25, 0.3) is 0 Å². The molecule has 18 heavy (non-hydrogen) atoms. The molecule has 5 nitrogen and oxygen atoms in total. The lowest BCUT2D eigenvalue weighted by molar-refractivity contribution is -0.184. The van der Waals surface area contributed by atoms with Crippen molar-refractivity contribution in [2.75, 3.05) is 6.61 Å². The van der Waals surface area contributed by atoms with Crippen LogP contribution < -0.4 is 0 Å². The van der Waals surface area contributed by atoms with Crippen molar-refractivity contribution in [3.8, 4) is 0 Å². The number of hydrogen-bond donors (Lipinski definition) is 1. The molecular formula is C12H20O5S. The van der Waals surface area contributed by atoms with Gasteiger partial charge in [-0.05, 0) is 5.92 Å². The summed E-state index contributed by atoms with van der Waals surface area (Å²) < 4.78 is 15.8. The summed E-state index contributed by atoms with van der Waals surface area (Å²) in [4.78, 5) is 21.8. The highest BCUT2D eigenvalue weighted by molar-refractivity contribution is 7.80. The summed E-state index contributed by atoms with van der Waals surface area (Å²) in [5, 5.41) is 0. The normalized spacial score (nSPS) is 35.9. The molecule has 0 N–H and O–H groups in total. The van der Waals surface area contributed by atoms with Crippen LogP contribution in [-0.2, 0) is 23.8 Å². The molecule has 0 aromatic carbocycles. The van der Waals surface area contributed by atoms with Crippen molar-refractivity contribution >= 4 is 24.6 Å². The summed E-state index contributed by atoms with van der Waals surface area (Å²) in [5.74, 6) is -0.487. The largest absolute Gasteiger partial charge is 0.463 e. The molecule has 104 valence electrons. The number of thiol groups is 1. The Morgan fingerprint density at radius 1 is 1.17 bits per heavy atom. The van der Waals surface area contributed by atoms with E-state index in [-0.39, 0.29) is 42.6 Å². The van der Waals surface area contributed by atoms with E-state index in [2.05, 4.69) is 12.6 Å². The van der Waals surface area contributed by atoms with Crippen LogP contribution in [0.5, 0.6) is 0 Å². The zero-order valence-electron chi connectivity index (χ0n) is 11.1. The van der Waals surface area contributed by atoms with Crippen molar-refractivity contribution in [1.82, 2.24) is 0 Å². The van der Waals surface area contributed by atoms with E-state index in [9.17, 15) is 9.59 Å². The number of rotatable bonds is 3. The standard InChI is InChI=1S/C12H20O5S/c1-6-7(2)11(16-9(4)14)12(18)17-10(6)5-15-8(3)13/h6-7,10-12,18H,5H2,1-4H3/t6-,7+,10?,11?,12+/m1/s1. The van der Waals surface area contributed by atoms with Gasteiger partial charge >= 0.3 is 11.9 Å². The van der Waals surface area contributed by atoms with E-state index in [1.165, 1.54) is 13.8 Å². The molecule has 1 fully saturated rings. The molecule has 1 rings (SSSR count). The van der Waals surface area contributed by atoms with Crippen LogP contribution >= 0.6 is 12.6 Å². The summed E-state index contributed by atoms with van der Waals surface area (Å²) in [6.07, 6.45) is -0.604. The molecule has 0 spiro atoms. The minimum atomic E-state index is -0.499. The zero-order chi connectivity index (χ0) is 13.9. The van der Waals surface area contributed by atoms with E-state index in [0.29, 0.717) is 0 Å². The van der Waals surface area contributed by atoms with Crippen LogP contribution in [0.15, 0.2) is 0 Å². The molecule has 6 heteroatoms. The Morgan fingerprint density at radius 3 is 2.28 bits per heavy atom. The summed E-state index contributed by atoms with van der Waals surface area (Å²) >= 11 is 4.29. The molecular weight excluding hydrogens is 256 g/mol. The van der Waals surface area contributed by atoms with Crippen LogP contribution in [0, 0.1) is 11.8 Å². The second-order valence-corrected chi connectivity index (χ2v) is 5.17. The van der Waals surface area contributed by atoms with Crippen LogP contribution in [-0.4, -0.2) is 36.2 Å². The number of carbonyl (C=O) groups is 2. The molecule has 0 radical (unpaired) electrons. The Bertz CT molecular complexity index is 318. The third-order valence-corrected chi connectivity index (χ3v) is 3.70. The first kappa shape index (κ1) is 15.3. The van der Waals surface area contributed by atoms with Crippen LogP contribution in [0.2, 0.25) is 0 Å². The van der Waals surface area contributed by atoms with E-state index in [1.54, 1.807) is 0 Å². The summed E-state index contributed by atoms with van der Waals surface area (Å²) in [6.45, 7) is 6.88. The fraction of sp³-hybridized carbons (Fsp3) is 0.833. The predicted molar refractivity (Wildman–Crippen MR) is 68.2 cm³/mol. The quantitative estimate of drug-likeness (QED) is 0.624. The van der Waals surface area contributed by atoms with Crippen molar-refractivity contribution < 1.29 is 23.8 Å². The minimum Gasteiger partial charge on any atom is -0.463 e. The van der Waals surface area contributed by atoms with E-state index < -0.39 is 5.44 Å². The molecule has 2 unspecified atom stereocenters. The molecule has 5 atom stereocenters. The Hall–Kier alpha value is -0.750. The van der Waals surface area contributed by atoms with Crippen molar-refractivity contribution in [3.05, 3.63) is 0 Å². The van der Waals surface area contributed by atoms with Crippen molar-refractivity contribution in [1.29, 1.82) is 0 Å². The second-order valence-electron chi connectivity index (χ2n) is 4.66. The molecule has 0 aromatic heterocycles. The Morgan fingerprint density at radius 2 is 1.78 bits per heavy atom. The molecule has 1 aliphatic rings. The van der Waals surface area contributed by atoms with Crippen molar-refractivity contribution in [2.24, 2.45) is 11.8 Å². The van der Waals surface area contributed by atoms with Gasteiger partial charge in [0.05, 0.1) is 6.10 Å². The third kappa shape index (κ3) is 3.88. The van der Waals surface area contributed by atoms with Gasteiger partial charge in [0, 0.05) is 19.8 Å². The highest BCUT2D eigenvalue weighted by Crippen LogP contribution is 2.34. The maximum absolute atomic E-state index is 11.0. The first-order valence-electron chi connectivity index (χ1n) is 5.97. The van der Waals surface area contributed by atoms with Gasteiger partial charge < -0.3 is 14.2 Å². The van der Waals surface area contributed by atoms with Gasteiger partial charge in [0.15, 0.2) is 0 Å². The number of esters is 2. The van der Waals surface area contributed by atoms with Crippen molar-refractivity contribution in [2.45, 2.75) is 45.3 Å². The lowest BCUT2D eigenvalue weighted by Crippen LogP contribution is -2.50. The number of hydrogen-bond acceptors (Lipinski definition) is 6. The maximum atomic E-state index is 11.0. The molecule has 0 aromatic rings. The monoisotopic (exact) mass is 276 g/mol. The van der Waals surface area contributed by atoms with E-state index in [1.807, 2.05) is 13.8 Å². The highest BCUT2D eigenvalue weighted by Gasteiger charge is 2.42. The Balaban J connectivity index is 2.64. The van der Waals surface area contributed by atoms with Crippen LogP contribution in [0.3, 0.4) is 0 Å². The molecule has 0 amide bonds. The van der Waals surface area contributed by atoms with Crippen molar-refractivity contribution in [3.63, 3.8) is 0 Å². The van der Waals surface area contributed by atoms with Gasteiger partial charge in [-0.2, -0.15) is 0 Å². The zero-order valence-corrected chi connectivity index (χ0v) is 12.0. The molecule has 1 aliphatic heterocycles. The molecule has 1 saturated heterocycles. The lowest BCUT2D eigenvalue weighted by atomic mass is 9.84. The average molecular weight is 276 g/mol. The first-order chi connectivity index (χ1) is 8.32. The fourth-order valence-corrected chi connectivity index (χ4v) is 2.51. The van der Waals surface area contributed by atoms with E-state index in [4.69, 9.17) is 14.2 Å². The summed E-state index contributed by atoms with van der Waals surface area (Å²) in [7, 11) is 0. The van der Waals surface area contributed by atoms with Gasteiger partial charge in [-0.1, -0.05) is 13.8 Å². The first-order valence-corrected chi connectivity index (χ1v) is 6.48. The fourth-order valence-electron chi connectivity index (χ4n) is 2.03. The van der Waals surface area contributed by atoms with E-state index >= 15 is 0 Å². The summed E-state index contributed by atoms with van der Waals surface area (Å²) in [6, 6.07) is 0. The smallest absolute Gasteiger partial charge is 0.303 e. The molecule has 1 heterocycles. The Labute approximate surface area is 113 Å². The predicted octanol–water partition coefficient (Wildman–Crippen LogP) is 1.41. The minimum absolute atomic E-state index is 0.0886. The Kier molecular flexibility index (Phi) is 5.47. The lowest BCUT2D eigenvalue weighted by Gasteiger charge is -2.42. The number of ether oxygens (including phenoxy) is 3.